The molecule has 3 rings (SSSR count). The second-order valence-corrected chi connectivity index (χ2v) is 6.74. The second-order valence-electron chi connectivity index (χ2n) is 5.92. The van der Waals surface area contributed by atoms with E-state index in [-0.39, 0.29) is 0 Å². The minimum absolute atomic E-state index is 0.438. The highest BCUT2D eigenvalue weighted by Crippen LogP contribution is 2.30. The SMILES string of the molecule is COc1cc(Cl)ccc1NC(=S)N(Cc1ccco1)C1CCCC1. The number of nitrogens with one attached hydrogen (secondary N) is 1. The Balaban J connectivity index is 1.78. The van der Waals surface area contributed by atoms with E-state index in [0.29, 0.717) is 28.5 Å². The molecule has 1 aromatic carbocycles. The van der Waals surface area contributed by atoms with Crippen LogP contribution in [0, 0.1) is 0 Å². The van der Waals surface area contributed by atoms with Gasteiger partial charge in [0.2, 0.25) is 0 Å². The van der Waals surface area contributed by atoms with Crippen molar-refractivity contribution in [1.29, 1.82) is 0 Å². The maximum absolute atomic E-state index is 6.03. The number of rotatable bonds is 5. The molecule has 0 radical (unpaired) electrons. The zero-order chi connectivity index (χ0) is 16.9. The van der Waals surface area contributed by atoms with Gasteiger partial charge in [-0.1, -0.05) is 24.4 Å². The highest BCUT2D eigenvalue weighted by Gasteiger charge is 2.26. The van der Waals surface area contributed by atoms with E-state index in [2.05, 4.69) is 10.2 Å². The molecule has 0 spiro atoms. The Bertz CT molecular complexity index is 684. The van der Waals surface area contributed by atoms with E-state index < -0.39 is 0 Å². The molecule has 0 atom stereocenters. The van der Waals surface area contributed by atoms with Gasteiger partial charge in [0.1, 0.15) is 11.5 Å². The summed E-state index contributed by atoms with van der Waals surface area (Å²) in [5.41, 5.74) is 0.814. The maximum Gasteiger partial charge on any atom is 0.174 e. The van der Waals surface area contributed by atoms with Crippen LogP contribution >= 0.6 is 23.8 Å². The molecule has 4 nitrogen and oxygen atoms in total. The van der Waals surface area contributed by atoms with Crippen LogP contribution in [0.1, 0.15) is 31.4 Å². The zero-order valence-electron chi connectivity index (χ0n) is 13.6. The highest BCUT2D eigenvalue weighted by molar-refractivity contribution is 7.80. The second kappa shape index (κ2) is 7.90. The van der Waals surface area contributed by atoms with Crippen molar-refractivity contribution in [3.63, 3.8) is 0 Å². The van der Waals surface area contributed by atoms with Gasteiger partial charge in [0.15, 0.2) is 5.11 Å². The fraction of sp³-hybridized carbons (Fsp3) is 0.389. The first-order valence-electron chi connectivity index (χ1n) is 8.11. The number of halogens is 1. The van der Waals surface area contributed by atoms with Crippen molar-refractivity contribution in [1.82, 2.24) is 4.90 Å². The topological polar surface area (TPSA) is 37.6 Å². The molecule has 0 aliphatic heterocycles. The first-order valence-corrected chi connectivity index (χ1v) is 8.89. The smallest absolute Gasteiger partial charge is 0.174 e. The number of methoxy groups -OCH3 is 1. The number of anilines is 1. The number of ether oxygens (including phenoxy) is 1. The molecule has 1 aromatic heterocycles. The van der Waals surface area contributed by atoms with Crippen LogP contribution in [0.15, 0.2) is 41.0 Å². The molecule has 0 bridgehead atoms. The van der Waals surface area contributed by atoms with Gasteiger partial charge in [-0.3, -0.25) is 0 Å². The van der Waals surface area contributed by atoms with E-state index in [1.165, 1.54) is 12.8 Å². The Kier molecular flexibility index (Phi) is 5.63. The standard InChI is InChI=1S/C18H21ClN2O2S/c1-22-17-11-13(19)8-9-16(17)20-18(24)21(14-5-2-3-6-14)12-15-7-4-10-23-15/h4,7-11,14H,2-3,5-6,12H2,1H3,(H,20,24). The van der Waals surface area contributed by atoms with E-state index >= 15 is 0 Å². The quantitative estimate of drug-likeness (QED) is 0.748. The maximum atomic E-state index is 6.03. The highest BCUT2D eigenvalue weighted by atomic mass is 35.5. The predicted molar refractivity (Wildman–Crippen MR) is 101 cm³/mol. The number of benzene rings is 1. The molecular weight excluding hydrogens is 344 g/mol. The van der Waals surface area contributed by atoms with Crippen LogP contribution in [0.25, 0.3) is 0 Å². The van der Waals surface area contributed by atoms with Gasteiger partial charge in [-0.2, -0.15) is 0 Å². The molecule has 0 amide bonds. The summed E-state index contributed by atoms with van der Waals surface area (Å²) in [5, 5.41) is 4.62. The van der Waals surface area contributed by atoms with Crippen molar-refractivity contribution in [2.24, 2.45) is 0 Å². The Morgan fingerprint density at radius 1 is 1.38 bits per heavy atom. The van der Waals surface area contributed by atoms with Gasteiger partial charge < -0.3 is 19.4 Å². The third kappa shape index (κ3) is 4.02. The molecule has 1 aliphatic rings. The Morgan fingerprint density at radius 3 is 2.83 bits per heavy atom. The fourth-order valence-corrected chi connectivity index (χ4v) is 3.59. The molecule has 2 aromatic rings. The molecule has 24 heavy (non-hydrogen) atoms. The number of hydrogen-bond donors (Lipinski definition) is 1. The van der Waals surface area contributed by atoms with Gasteiger partial charge in [0, 0.05) is 17.1 Å². The van der Waals surface area contributed by atoms with Crippen molar-refractivity contribution in [3.8, 4) is 5.75 Å². The average Bonchev–Trinajstić information content (AvgIpc) is 3.27. The van der Waals surface area contributed by atoms with E-state index in [1.807, 2.05) is 24.3 Å². The minimum atomic E-state index is 0.438. The van der Waals surface area contributed by atoms with Gasteiger partial charge in [-0.05, 0) is 49.3 Å². The van der Waals surface area contributed by atoms with Gasteiger partial charge in [-0.15, -0.1) is 0 Å². The summed E-state index contributed by atoms with van der Waals surface area (Å²) in [4.78, 5) is 2.22. The molecule has 1 N–H and O–H groups in total. The van der Waals surface area contributed by atoms with E-state index in [9.17, 15) is 0 Å². The lowest BCUT2D eigenvalue weighted by molar-refractivity contribution is 0.286. The van der Waals surface area contributed by atoms with Crippen LogP contribution < -0.4 is 10.1 Å². The lowest BCUT2D eigenvalue weighted by Gasteiger charge is -2.31. The number of nitrogens with zero attached hydrogens (tertiary/aromatic N) is 1. The first kappa shape index (κ1) is 17.1. The van der Waals surface area contributed by atoms with Crippen molar-refractivity contribution >= 4 is 34.6 Å². The Labute approximate surface area is 152 Å². The van der Waals surface area contributed by atoms with E-state index in [1.54, 1.807) is 19.4 Å². The van der Waals surface area contributed by atoms with Crippen molar-refractivity contribution in [2.45, 2.75) is 38.3 Å². The van der Waals surface area contributed by atoms with Crippen molar-refractivity contribution < 1.29 is 9.15 Å². The van der Waals surface area contributed by atoms with E-state index in [0.717, 1.165) is 24.3 Å². The monoisotopic (exact) mass is 364 g/mol. The Morgan fingerprint density at radius 2 is 2.17 bits per heavy atom. The molecule has 0 saturated heterocycles. The summed E-state index contributed by atoms with van der Waals surface area (Å²) in [6, 6.07) is 9.80. The van der Waals surface area contributed by atoms with Crippen LogP contribution in [0.3, 0.4) is 0 Å². The van der Waals surface area contributed by atoms with Gasteiger partial charge in [0.05, 0.1) is 25.6 Å². The van der Waals surface area contributed by atoms with Gasteiger partial charge in [0.25, 0.3) is 0 Å². The lowest BCUT2D eigenvalue weighted by atomic mass is 10.2. The summed E-state index contributed by atoms with van der Waals surface area (Å²) in [6.07, 6.45) is 6.49. The molecule has 1 saturated carbocycles. The fourth-order valence-electron chi connectivity index (χ4n) is 3.11. The molecule has 1 heterocycles. The van der Waals surface area contributed by atoms with Crippen LogP contribution in [-0.4, -0.2) is 23.2 Å². The van der Waals surface area contributed by atoms with Gasteiger partial charge >= 0.3 is 0 Å². The zero-order valence-corrected chi connectivity index (χ0v) is 15.2. The molecule has 0 unspecified atom stereocenters. The summed E-state index contributed by atoms with van der Waals surface area (Å²) >= 11 is 11.7. The molecule has 1 aliphatic carbocycles. The normalized spacial score (nSPS) is 14.6. The summed E-state index contributed by atoms with van der Waals surface area (Å²) in [5.74, 6) is 1.59. The van der Waals surface area contributed by atoms with E-state index in [4.69, 9.17) is 33.0 Å². The van der Waals surface area contributed by atoms with Crippen molar-refractivity contribution in [3.05, 3.63) is 47.4 Å². The summed E-state index contributed by atoms with van der Waals surface area (Å²) in [6.45, 7) is 0.666. The number of hydrogen-bond acceptors (Lipinski definition) is 3. The Hall–Kier alpha value is -1.72. The summed E-state index contributed by atoms with van der Waals surface area (Å²) < 4.78 is 10.9. The van der Waals surface area contributed by atoms with Crippen molar-refractivity contribution in [2.75, 3.05) is 12.4 Å². The van der Waals surface area contributed by atoms with Crippen LogP contribution in [0.5, 0.6) is 5.75 Å². The lowest BCUT2D eigenvalue weighted by Crippen LogP contribution is -2.40. The average molecular weight is 365 g/mol. The summed E-state index contributed by atoms with van der Waals surface area (Å²) in [7, 11) is 1.62. The number of furan rings is 1. The molecule has 1 fully saturated rings. The molecule has 6 heteroatoms. The first-order chi connectivity index (χ1) is 11.7. The van der Waals surface area contributed by atoms with Crippen LogP contribution in [0.2, 0.25) is 5.02 Å². The minimum Gasteiger partial charge on any atom is -0.495 e. The predicted octanol–water partition coefficient (Wildman–Crippen LogP) is 5.08. The van der Waals surface area contributed by atoms with Gasteiger partial charge in [-0.25, -0.2) is 0 Å². The third-order valence-electron chi connectivity index (χ3n) is 4.34. The number of thiocarbonyl (C=S) groups is 1. The largest absolute Gasteiger partial charge is 0.495 e. The van der Waals surface area contributed by atoms with Crippen LogP contribution in [-0.2, 0) is 6.54 Å². The third-order valence-corrected chi connectivity index (χ3v) is 4.91. The molecule has 128 valence electrons. The molecular formula is C18H21ClN2O2S. The van der Waals surface area contributed by atoms with Crippen LogP contribution in [0.4, 0.5) is 5.69 Å².